The number of anilines is 1. The lowest BCUT2D eigenvalue weighted by molar-refractivity contribution is 0.398. The Morgan fingerprint density at radius 2 is 2.33 bits per heavy atom. The minimum absolute atomic E-state index is 0.143. The summed E-state index contributed by atoms with van der Waals surface area (Å²) < 4.78 is 4.96. The summed E-state index contributed by atoms with van der Waals surface area (Å²) in [5.74, 6) is 0.639. The number of nitrogens with zero attached hydrogens (tertiary/aromatic N) is 2. The Kier molecular flexibility index (Phi) is 4.05. The van der Waals surface area contributed by atoms with Gasteiger partial charge in [0.05, 0.1) is 19.0 Å². The van der Waals surface area contributed by atoms with Crippen LogP contribution in [0.15, 0.2) is 12.3 Å². The highest BCUT2D eigenvalue weighted by Gasteiger charge is 2.01. The number of ether oxygens (including phenoxy) is 1. The molecule has 0 radical (unpaired) electrons. The number of rotatable bonds is 4. The van der Waals surface area contributed by atoms with E-state index in [2.05, 4.69) is 9.97 Å². The third-order valence-electron chi connectivity index (χ3n) is 1.78. The molecule has 0 aliphatic heterocycles. The molecule has 1 heterocycles. The average Bonchev–Trinajstić information content (AvgIpc) is 2.20. The molecule has 0 aliphatic carbocycles. The first-order valence-electron chi connectivity index (χ1n) is 4.72. The van der Waals surface area contributed by atoms with Crippen molar-refractivity contribution in [2.24, 2.45) is 5.73 Å². The number of nitrogens with two attached hydrogens (primary N) is 2. The highest BCUT2D eigenvalue weighted by molar-refractivity contribution is 5.49. The predicted molar refractivity (Wildman–Crippen MR) is 60.3 cm³/mol. The molecule has 82 valence electrons. The van der Waals surface area contributed by atoms with E-state index in [1.807, 2.05) is 19.1 Å². The van der Waals surface area contributed by atoms with Gasteiger partial charge in [0.25, 0.3) is 5.88 Å². The van der Waals surface area contributed by atoms with Gasteiger partial charge in [-0.05, 0) is 19.4 Å². The van der Waals surface area contributed by atoms with E-state index in [4.69, 9.17) is 16.2 Å². The Bertz CT molecular complexity index is 349. The third kappa shape index (κ3) is 3.55. The molecule has 0 bridgehead atoms. The van der Waals surface area contributed by atoms with Gasteiger partial charge in [-0.2, -0.15) is 0 Å². The molecule has 5 heteroatoms. The van der Waals surface area contributed by atoms with Crippen LogP contribution in [0.25, 0.3) is 6.08 Å². The van der Waals surface area contributed by atoms with Gasteiger partial charge >= 0.3 is 0 Å². The fraction of sp³-hybridized carbons (Fsp3) is 0.400. The van der Waals surface area contributed by atoms with E-state index in [0.717, 1.165) is 6.42 Å². The molecular weight excluding hydrogens is 192 g/mol. The minimum atomic E-state index is 0.143. The van der Waals surface area contributed by atoms with Crippen molar-refractivity contribution in [2.45, 2.75) is 19.4 Å². The molecule has 0 aliphatic rings. The van der Waals surface area contributed by atoms with Gasteiger partial charge in [-0.15, -0.1) is 0 Å². The van der Waals surface area contributed by atoms with Crippen molar-refractivity contribution < 1.29 is 4.74 Å². The van der Waals surface area contributed by atoms with Gasteiger partial charge in [0.2, 0.25) is 0 Å². The first-order chi connectivity index (χ1) is 7.13. The van der Waals surface area contributed by atoms with Gasteiger partial charge in [-0.1, -0.05) is 6.08 Å². The maximum absolute atomic E-state index is 5.60. The summed E-state index contributed by atoms with van der Waals surface area (Å²) in [7, 11) is 1.51. The first-order valence-corrected chi connectivity index (χ1v) is 4.72. The topological polar surface area (TPSA) is 87.0 Å². The van der Waals surface area contributed by atoms with Crippen LogP contribution in [-0.2, 0) is 0 Å². The lowest BCUT2D eigenvalue weighted by Crippen LogP contribution is -2.12. The Morgan fingerprint density at radius 1 is 1.60 bits per heavy atom. The van der Waals surface area contributed by atoms with Crippen molar-refractivity contribution in [3.63, 3.8) is 0 Å². The molecule has 0 aromatic carbocycles. The summed E-state index contributed by atoms with van der Waals surface area (Å²) in [6.07, 6.45) is 6.19. The predicted octanol–water partition coefficient (Wildman–Crippen LogP) is 0.818. The van der Waals surface area contributed by atoms with Gasteiger partial charge in [0.15, 0.2) is 5.82 Å². The first kappa shape index (κ1) is 11.5. The number of nitrogen functional groups attached to an aromatic ring is 1. The van der Waals surface area contributed by atoms with Gasteiger partial charge in [0, 0.05) is 6.04 Å². The Labute approximate surface area is 89.2 Å². The number of hydrogen-bond acceptors (Lipinski definition) is 5. The van der Waals surface area contributed by atoms with Crippen molar-refractivity contribution in [3.8, 4) is 5.88 Å². The van der Waals surface area contributed by atoms with E-state index in [9.17, 15) is 0 Å². The van der Waals surface area contributed by atoms with Crippen LogP contribution in [-0.4, -0.2) is 23.1 Å². The van der Waals surface area contributed by atoms with E-state index < -0.39 is 0 Å². The zero-order valence-electron chi connectivity index (χ0n) is 8.97. The Balaban J connectivity index is 2.74. The molecule has 1 rings (SSSR count). The van der Waals surface area contributed by atoms with Crippen molar-refractivity contribution in [1.82, 2.24) is 9.97 Å². The molecule has 5 nitrogen and oxygen atoms in total. The molecule has 0 spiro atoms. The molecule has 15 heavy (non-hydrogen) atoms. The van der Waals surface area contributed by atoms with Crippen LogP contribution < -0.4 is 16.2 Å². The number of methoxy groups -OCH3 is 1. The third-order valence-corrected chi connectivity index (χ3v) is 1.78. The van der Waals surface area contributed by atoms with E-state index in [1.54, 1.807) is 6.20 Å². The molecule has 0 unspecified atom stereocenters. The second-order valence-electron chi connectivity index (χ2n) is 3.30. The molecule has 1 aromatic rings. The standard InChI is InChI=1S/C10H16N4O/c1-7(11)4-3-5-8-6-13-9(12)10(14-8)15-2/h3,5-7H,4,11H2,1-2H3,(H2,12,13)/b5-3+/t7-/m0/s1. The molecule has 1 atom stereocenters. The lowest BCUT2D eigenvalue weighted by atomic mass is 10.2. The average molecular weight is 208 g/mol. The largest absolute Gasteiger partial charge is 0.478 e. The lowest BCUT2D eigenvalue weighted by Gasteiger charge is -2.02. The molecule has 4 N–H and O–H groups in total. The summed E-state index contributed by atoms with van der Waals surface area (Å²) in [5.41, 5.74) is 11.8. The monoisotopic (exact) mass is 208 g/mol. The van der Waals surface area contributed by atoms with E-state index in [0.29, 0.717) is 17.4 Å². The molecule has 0 saturated carbocycles. The van der Waals surface area contributed by atoms with E-state index in [-0.39, 0.29) is 6.04 Å². The van der Waals surface area contributed by atoms with Gasteiger partial charge in [-0.3, -0.25) is 0 Å². The Hall–Kier alpha value is -1.62. The maximum Gasteiger partial charge on any atom is 0.257 e. The Morgan fingerprint density at radius 3 is 2.93 bits per heavy atom. The molecule has 0 fully saturated rings. The van der Waals surface area contributed by atoms with Crippen LogP contribution in [0, 0.1) is 0 Å². The summed E-state index contributed by atoms with van der Waals surface area (Å²) in [5, 5.41) is 0. The van der Waals surface area contributed by atoms with E-state index in [1.165, 1.54) is 7.11 Å². The van der Waals surface area contributed by atoms with Crippen molar-refractivity contribution in [1.29, 1.82) is 0 Å². The summed E-state index contributed by atoms with van der Waals surface area (Å²) >= 11 is 0. The highest BCUT2D eigenvalue weighted by Crippen LogP contribution is 2.14. The van der Waals surface area contributed by atoms with E-state index >= 15 is 0 Å². The zero-order valence-corrected chi connectivity index (χ0v) is 8.97. The van der Waals surface area contributed by atoms with Gasteiger partial charge < -0.3 is 16.2 Å². The maximum atomic E-state index is 5.60. The van der Waals surface area contributed by atoms with Crippen molar-refractivity contribution in [3.05, 3.63) is 18.0 Å². The van der Waals surface area contributed by atoms with Crippen LogP contribution in [0.3, 0.4) is 0 Å². The van der Waals surface area contributed by atoms with Crippen LogP contribution in [0.1, 0.15) is 19.0 Å². The zero-order chi connectivity index (χ0) is 11.3. The van der Waals surface area contributed by atoms with Crippen molar-refractivity contribution >= 4 is 11.9 Å². The van der Waals surface area contributed by atoms with Crippen LogP contribution in [0.5, 0.6) is 5.88 Å². The van der Waals surface area contributed by atoms with Crippen LogP contribution >= 0.6 is 0 Å². The fourth-order valence-electron chi connectivity index (χ4n) is 1.03. The second-order valence-corrected chi connectivity index (χ2v) is 3.30. The van der Waals surface area contributed by atoms with Crippen molar-refractivity contribution in [2.75, 3.05) is 12.8 Å². The summed E-state index contributed by atoms with van der Waals surface area (Å²) in [4.78, 5) is 8.11. The molecule has 0 amide bonds. The molecular formula is C10H16N4O. The quantitative estimate of drug-likeness (QED) is 0.764. The smallest absolute Gasteiger partial charge is 0.257 e. The molecule has 0 saturated heterocycles. The van der Waals surface area contributed by atoms with Gasteiger partial charge in [0.1, 0.15) is 0 Å². The normalized spacial score (nSPS) is 13.0. The fourth-order valence-corrected chi connectivity index (χ4v) is 1.03. The molecule has 1 aromatic heterocycles. The van der Waals surface area contributed by atoms with Crippen LogP contribution in [0.4, 0.5) is 5.82 Å². The SMILES string of the molecule is COc1nc(/C=C/C[C@H](C)N)cnc1N. The van der Waals surface area contributed by atoms with Gasteiger partial charge in [-0.25, -0.2) is 9.97 Å². The van der Waals surface area contributed by atoms with Crippen LogP contribution in [0.2, 0.25) is 0 Å². The highest BCUT2D eigenvalue weighted by atomic mass is 16.5. The number of hydrogen-bond donors (Lipinski definition) is 2. The minimum Gasteiger partial charge on any atom is -0.478 e. The second kappa shape index (κ2) is 5.31. The summed E-state index contributed by atoms with van der Waals surface area (Å²) in [6, 6.07) is 0.143. The summed E-state index contributed by atoms with van der Waals surface area (Å²) in [6.45, 7) is 1.94. The number of aromatic nitrogens is 2.